The zero-order valence-electron chi connectivity index (χ0n) is 17.0. The van der Waals surface area contributed by atoms with Crippen LogP contribution in [-0.2, 0) is 16.0 Å². The highest BCUT2D eigenvalue weighted by atomic mass is 32.1. The number of nitrogens with one attached hydrogen (secondary N) is 1. The van der Waals surface area contributed by atoms with Crippen molar-refractivity contribution in [1.29, 1.82) is 0 Å². The smallest absolute Gasteiger partial charge is 0.348 e. The molecular weight excluding hydrogens is 422 g/mol. The quantitative estimate of drug-likeness (QED) is 0.572. The van der Waals surface area contributed by atoms with Gasteiger partial charge in [0.05, 0.1) is 29.7 Å². The number of rotatable bonds is 7. The molecule has 1 aliphatic carbocycles. The van der Waals surface area contributed by atoms with Crippen LogP contribution in [0.25, 0.3) is 5.69 Å². The van der Waals surface area contributed by atoms with E-state index in [-0.39, 0.29) is 48.4 Å². The number of hydrogen-bond acceptors (Lipinski definition) is 7. The van der Waals surface area contributed by atoms with Gasteiger partial charge in [0.25, 0.3) is 0 Å². The lowest BCUT2D eigenvalue weighted by Crippen LogP contribution is -2.52. The van der Waals surface area contributed by atoms with Crippen molar-refractivity contribution in [3.63, 3.8) is 0 Å². The summed E-state index contributed by atoms with van der Waals surface area (Å²) < 4.78 is 1.38. The Bertz CT molecular complexity index is 974. The van der Waals surface area contributed by atoms with Crippen molar-refractivity contribution in [2.24, 2.45) is 5.92 Å². The highest BCUT2D eigenvalue weighted by Crippen LogP contribution is 2.40. The lowest BCUT2D eigenvalue weighted by molar-refractivity contribution is -0.143. The maximum absolute atomic E-state index is 12.3. The molecule has 2 aromatic heterocycles. The van der Waals surface area contributed by atoms with Crippen LogP contribution in [0, 0.1) is 5.92 Å². The molecule has 0 radical (unpaired) electrons. The van der Waals surface area contributed by atoms with E-state index < -0.39 is 11.6 Å². The van der Waals surface area contributed by atoms with Crippen molar-refractivity contribution >= 4 is 29.1 Å². The van der Waals surface area contributed by atoms with E-state index in [2.05, 4.69) is 15.6 Å². The Morgan fingerprint density at radius 1 is 1.23 bits per heavy atom. The summed E-state index contributed by atoms with van der Waals surface area (Å²) in [6.07, 6.45) is 5.52. The molecule has 2 fully saturated rings. The van der Waals surface area contributed by atoms with Gasteiger partial charge in [-0.1, -0.05) is 5.21 Å². The van der Waals surface area contributed by atoms with Gasteiger partial charge in [0.15, 0.2) is 0 Å². The van der Waals surface area contributed by atoms with Crippen molar-refractivity contribution in [3.05, 3.63) is 28.2 Å². The first kappa shape index (κ1) is 21.4. The molecule has 0 bridgehead atoms. The van der Waals surface area contributed by atoms with Gasteiger partial charge in [0.2, 0.25) is 11.8 Å². The average Bonchev–Trinajstić information content (AvgIpc) is 3.39. The molecule has 31 heavy (non-hydrogen) atoms. The van der Waals surface area contributed by atoms with Crippen molar-refractivity contribution in [1.82, 2.24) is 25.2 Å². The lowest BCUT2D eigenvalue weighted by Gasteiger charge is -2.42. The standard InChI is InChI=1S/C20H25N5O5S/c26-16(24-5-2-1-3-6-24)11-21-18(27)13-8-20(30,9-13)10-14-12-25(23-22-14)15-4-7-31-17(15)19(28)29/h4,7,12-13,30H,1-3,5-6,8-11H2,(H,21,27)(H,28,29). The molecule has 2 amide bonds. The fourth-order valence-electron chi connectivity index (χ4n) is 4.23. The molecule has 3 heterocycles. The van der Waals surface area contributed by atoms with E-state index in [4.69, 9.17) is 0 Å². The number of aliphatic hydroxyl groups is 1. The fraction of sp³-hybridized carbons (Fsp3) is 0.550. The first-order valence-corrected chi connectivity index (χ1v) is 11.2. The van der Waals surface area contributed by atoms with Crippen molar-refractivity contribution in [2.75, 3.05) is 19.6 Å². The highest BCUT2D eigenvalue weighted by Gasteiger charge is 2.46. The van der Waals surface area contributed by atoms with Crippen LogP contribution in [0.2, 0.25) is 0 Å². The van der Waals surface area contributed by atoms with Crippen LogP contribution in [0.15, 0.2) is 17.6 Å². The predicted octanol–water partition coefficient (Wildman–Crippen LogP) is 0.839. The lowest BCUT2D eigenvalue weighted by atomic mass is 9.68. The van der Waals surface area contributed by atoms with Gasteiger partial charge in [0, 0.05) is 25.4 Å². The van der Waals surface area contributed by atoms with E-state index in [9.17, 15) is 24.6 Å². The Morgan fingerprint density at radius 3 is 2.68 bits per heavy atom. The van der Waals surface area contributed by atoms with Gasteiger partial charge in [-0.05, 0) is 43.6 Å². The van der Waals surface area contributed by atoms with Gasteiger partial charge in [-0.25, -0.2) is 9.48 Å². The summed E-state index contributed by atoms with van der Waals surface area (Å²) in [5.74, 6) is -1.66. The minimum Gasteiger partial charge on any atom is -0.477 e. The average molecular weight is 448 g/mol. The maximum atomic E-state index is 12.3. The van der Waals surface area contributed by atoms with Crippen LogP contribution in [0.3, 0.4) is 0 Å². The van der Waals surface area contributed by atoms with Gasteiger partial charge in [-0.15, -0.1) is 16.4 Å². The number of carboxylic acid groups (broad SMARTS) is 1. The zero-order chi connectivity index (χ0) is 22.0. The largest absolute Gasteiger partial charge is 0.477 e. The van der Waals surface area contributed by atoms with Crippen LogP contribution in [-0.4, -0.2) is 73.1 Å². The Kier molecular flexibility index (Phi) is 6.05. The molecule has 4 rings (SSSR count). The molecule has 1 saturated carbocycles. The van der Waals surface area contributed by atoms with Crippen LogP contribution < -0.4 is 5.32 Å². The summed E-state index contributed by atoms with van der Waals surface area (Å²) in [5, 5.41) is 32.3. The topological polar surface area (TPSA) is 138 Å². The number of carboxylic acids is 1. The second-order valence-corrected chi connectivity index (χ2v) is 9.18. The third kappa shape index (κ3) is 4.77. The Morgan fingerprint density at radius 2 is 1.97 bits per heavy atom. The van der Waals surface area contributed by atoms with Gasteiger partial charge >= 0.3 is 5.97 Å². The molecule has 0 spiro atoms. The molecule has 0 aromatic carbocycles. The first-order valence-electron chi connectivity index (χ1n) is 10.3. The number of thiophene rings is 1. The molecular formula is C20H25N5O5S. The third-order valence-corrected chi connectivity index (χ3v) is 6.77. The number of nitrogens with zero attached hydrogens (tertiary/aromatic N) is 4. The van der Waals surface area contributed by atoms with Gasteiger partial charge in [-0.2, -0.15) is 0 Å². The summed E-state index contributed by atoms with van der Waals surface area (Å²) in [5.41, 5.74) is -0.124. The summed E-state index contributed by atoms with van der Waals surface area (Å²) >= 11 is 1.10. The molecule has 2 aromatic rings. The van der Waals surface area contributed by atoms with Crippen molar-refractivity contribution < 1.29 is 24.6 Å². The molecule has 11 heteroatoms. The molecule has 3 N–H and O–H groups in total. The van der Waals surface area contributed by atoms with Gasteiger partial charge < -0.3 is 20.4 Å². The second-order valence-electron chi connectivity index (χ2n) is 8.26. The number of carbonyl (C=O) groups excluding carboxylic acids is 2. The maximum Gasteiger partial charge on any atom is 0.348 e. The van der Waals surface area contributed by atoms with Crippen LogP contribution >= 0.6 is 11.3 Å². The Labute approximate surface area is 182 Å². The molecule has 1 aliphatic heterocycles. The number of hydrogen-bond donors (Lipinski definition) is 3. The minimum absolute atomic E-state index is 0.00532. The number of carbonyl (C=O) groups is 3. The van der Waals surface area contributed by atoms with Gasteiger partial charge in [-0.3, -0.25) is 9.59 Å². The summed E-state index contributed by atoms with van der Waals surface area (Å²) in [6, 6.07) is 1.65. The SMILES string of the molecule is O=C(O)c1sccc1-n1cc(CC2(O)CC(C(=O)NCC(=O)N3CCCCC3)C2)nn1. The number of piperidine rings is 1. The summed E-state index contributed by atoms with van der Waals surface area (Å²) in [7, 11) is 0. The number of aromatic nitrogens is 3. The normalized spacial score (nSPS) is 23.3. The van der Waals surface area contributed by atoms with Crippen molar-refractivity contribution in [2.45, 2.75) is 44.1 Å². The molecule has 10 nitrogen and oxygen atoms in total. The fourth-order valence-corrected chi connectivity index (χ4v) is 4.94. The minimum atomic E-state index is -1.07. The molecule has 0 unspecified atom stereocenters. The van der Waals surface area contributed by atoms with E-state index in [1.807, 2.05) is 0 Å². The Hall–Kier alpha value is -2.79. The third-order valence-electron chi connectivity index (χ3n) is 5.88. The zero-order valence-corrected chi connectivity index (χ0v) is 17.8. The van der Waals surface area contributed by atoms with E-state index in [0.717, 1.165) is 43.7 Å². The summed E-state index contributed by atoms with van der Waals surface area (Å²) in [4.78, 5) is 37.7. The monoisotopic (exact) mass is 447 g/mol. The predicted molar refractivity (Wildman–Crippen MR) is 111 cm³/mol. The number of likely N-dealkylation sites (tertiary alicyclic amines) is 1. The molecule has 0 atom stereocenters. The number of aromatic carboxylic acids is 1. The van der Waals surface area contributed by atoms with E-state index in [0.29, 0.717) is 11.4 Å². The first-order chi connectivity index (χ1) is 14.8. The van der Waals surface area contributed by atoms with E-state index in [1.54, 1.807) is 22.5 Å². The van der Waals surface area contributed by atoms with Gasteiger partial charge in [0.1, 0.15) is 4.88 Å². The molecule has 166 valence electrons. The van der Waals surface area contributed by atoms with E-state index in [1.165, 1.54) is 4.68 Å². The second kappa shape index (κ2) is 8.75. The number of amides is 2. The Balaban J connectivity index is 1.26. The van der Waals surface area contributed by atoms with Crippen LogP contribution in [0.4, 0.5) is 0 Å². The molecule has 2 aliphatic rings. The summed E-state index contributed by atoms with van der Waals surface area (Å²) in [6.45, 7) is 1.49. The van der Waals surface area contributed by atoms with Crippen LogP contribution in [0.1, 0.15) is 47.5 Å². The van der Waals surface area contributed by atoms with Crippen LogP contribution in [0.5, 0.6) is 0 Å². The highest BCUT2D eigenvalue weighted by molar-refractivity contribution is 7.12. The van der Waals surface area contributed by atoms with E-state index >= 15 is 0 Å². The van der Waals surface area contributed by atoms with Crippen molar-refractivity contribution in [3.8, 4) is 5.69 Å². The molecule has 1 saturated heterocycles.